The minimum Gasteiger partial charge on any atom is -0.379 e. The van der Waals surface area contributed by atoms with Gasteiger partial charge < -0.3 is 9.14 Å². The normalized spacial score (nSPS) is 15.7. The Bertz CT molecular complexity index is 1060. The Hall–Kier alpha value is -2.69. The van der Waals surface area contributed by atoms with Crippen LogP contribution >= 0.6 is 0 Å². The Morgan fingerprint density at radius 1 is 0.885 bits per heavy atom. The number of benzene rings is 2. The third kappa shape index (κ3) is 2.77. The number of rotatable bonds is 3. The predicted molar refractivity (Wildman–Crippen MR) is 104 cm³/mol. The molecule has 0 atom stereocenters. The van der Waals surface area contributed by atoms with Gasteiger partial charge in [-0.3, -0.25) is 4.90 Å². The zero-order valence-electron chi connectivity index (χ0n) is 14.6. The van der Waals surface area contributed by atoms with Crippen molar-refractivity contribution in [2.45, 2.75) is 6.54 Å². The predicted octanol–water partition coefficient (Wildman–Crippen LogP) is 3.99. The van der Waals surface area contributed by atoms with Crippen LogP contribution in [0, 0.1) is 0 Å². The van der Waals surface area contributed by atoms with Crippen molar-refractivity contribution in [2.24, 2.45) is 0 Å². The molecule has 26 heavy (non-hydrogen) atoms. The maximum atomic E-state index is 5.51. The summed E-state index contributed by atoms with van der Waals surface area (Å²) < 4.78 is 7.73. The van der Waals surface area contributed by atoms with Gasteiger partial charge in [0, 0.05) is 31.4 Å². The van der Waals surface area contributed by atoms with Crippen LogP contribution in [-0.4, -0.2) is 40.6 Å². The lowest BCUT2D eigenvalue weighted by Gasteiger charge is -2.26. The number of fused-ring (bicyclic) bond motifs is 2. The fourth-order valence-corrected chi connectivity index (χ4v) is 3.74. The molecule has 0 saturated carbocycles. The molecule has 0 unspecified atom stereocenters. The van der Waals surface area contributed by atoms with Crippen molar-refractivity contribution in [1.29, 1.82) is 0 Å². The summed E-state index contributed by atoms with van der Waals surface area (Å²) in [5.41, 5.74) is 4.50. The first-order chi connectivity index (χ1) is 12.9. The van der Waals surface area contributed by atoms with Gasteiger partial charge in [0.25, 0.3) is 0 Å². The summed E-state index contributed by atoms with van der Waals surface area (Å²) in [5, 5.41) is 2.51. The maximum Gasteiger partial charge on any atom is 0.137 e. The van der Waals surface area contributed by atoms with E-state index in [4.69, 9.17) is 9.72 Å². The Morgan fingerprint density at radius 3 is 2.58 bits per heavy atom. The average molecular weight is 343 g/mol. The third-order valence-corrected chi connectivity index (χ3v) is 5.13. The number of ether oxygens (including phenoxy) is 1. The monoisotopic (exact) mass is 343 g/mol. The van der Waals surface area contributed by atoms with Crippen molar-refractivity contribution in [1.82, 2.24) is 14.3 Å². The molecule has 4 nitrogen and oxygen atoms in total. The molecule has 4 heteroatoms. The summed E-state index contributed by atoms with van der Waals surface area (Å²) in [4.78, 5) is 7.41. The fraction of sp³-hybridized carbons (Fsp3) is 0.227. The van der Waals surface area contributed by atoms with Gasteiger partial charge in [0.2, 0.25) is 0 Å². The van der Waals surface area contributed by atoms with Gasteiger partial charge in [0.15, 0.2) is 0 Å². The standard InChI is InChI=1S/C22H21N3O/c1-2-6-18-15-19(9-8-17(18)5-1)22-20(16-24-11-13-26-14-12-24)25-10-4-3-7-21(25)23-22/h1-10,15H,11-14,16H2. The molecule has 0 amide bonds. The van der Waals surface area contributed by atoms with Crippen LogP contribution in [0.5, 0.6) is 0 Å². The third-order valence-electron chi connectivity index (χ3n) is 5.13. The van der Waals surface area contributed by atoms with Gasteiger partial charge in [-0.2, -0.15) is 0 Å². The van der Waals surface area contributed by atoms with Gasteiger partial charge in [-0.15, -0.1) is 0 Å². The van der Waals surface area contributed by atoms with Gasteiger partial charge >= 0.3 is 0 Å². The Labute approximate surface area is 152 Å². The zero-order valence-corrected chi connectivity index (χ0v) is 14.6. The second-order valence-corrected chi connectivity index (χ2v) is 6.79. The van der Waals surface area contributed by atoms with Crippen LogP contribution in [0.4, 0.5) is 0 Å². The molecule has 0 bridgehead atoms. The molecule has 1 fully saturated rings. The lowest BCUT2D eigenvalue weighted by Crippen LogP contribution is -2.36. The lowest BCUT2D eigenvalue weighted by atomic mass is 10.0. The molecule has 2 aromatic heterocycles. The first-order valence-corrected chi connectivity index (χ1v) is 9.14. The molecule has 1 aliphatic rings. The molecule has 3 heterocycles. The largest absolute Gasteiger partial charge is 0.379 e. The van der Waals surface area contributed by atoms with Crippen LogP contribution in [0.3, 0.4) is 0 Å². The Balaban J connectivity index is 1.64. The summed E-state index contributed by atoms with van der Waals surface area (Å²) in [5.74, 6) is 0. The van der Waals surface area contributed by atoms with E-state index < -0.39 is 0 Å². The van der Waals surface area contributed by atoms with Crippen molar-refractivity contribution in [3.05, 3.63) is 72.6 Å². The van der Waals surface area contributed by atoms with E-state index in [1.165, 1.54) is 22.0 Å². The lowest BCUT2D eigenvalue weighted by molar-refractivity contribution is 0.0336. The highest BCUT2D eigenvalue weighted by Crippen LogP contribution is 2.28. The van der Waals surface area contributed by atoms with Crippen molar-refractivity contribution in [2.75, 3.05) is 26.3 Å². The molecule has 5 rings (SSSR count). The second-order valence-electron chi connectivity index (χ2n) is 6.79. The van der Waals surface area contributed by atoms with Gasteiger partial charge in [0.1, 0.15) is 5.65 Å². The summed E-state index contributed by atoms with van der Waals surface area (Å²) in [6.45, 7) is 4.44. The van der Waals surface area contributed by atoms with Crippen molar-refractivity contribution < 1.29 is 4.74 Å². The SMILES string of the molecule is c1ccc2cc(-c3nc4ccccn4c3CN3CCOCC3)ccc2c1. The quantitative estimate of drug-likeness (QED) is 0.563. The van der Waals surface area contributed by atoms with Crippen LogP contribution in [-0.2, 0) is 11.3 Å². The first kappa shape index (κ1) is 15.6. The van der Waals surface area contributed by atoms with E-state index in [2.05, 4.69) is 70.1 Å². The highest BCUT2D eigenvalue weighted by molar-refractivity contribution is 5.87. The van der Waals surface area contributed by atoms with Crippen molar-refractivity contribution >= 4 is 16.4 Å². The van der Waals surface area contributed by atoms with E-state index in [1.807, 2.05) is 6.07 Å². The summed E-state index contributed by atoms with van der Waals surface area (Å²) in [7, 11) is 0. The average Bonchev–Trinajstić information content (AvgIpc) is 3.07. The highest BCUT2D eigenvalue weighted by atomic mass is 16.5. The molecule has 4 aromatic rings. The number of morpholine rings is 1. The molecule has 1 aliphatic heterocycles. The topological polar surface area (TPSA) is 29.8 Å². The molecule has 0 spiro atoms. The van der Waals surface area contributed by atoms with Crippen LogP contribution in [0.25, 0.3) is 27.7 Å². The second kappa shape index (κ2) is 6.56. The number of hydrogen-bond donors (Lipinski definition) is 0. The van der Waals surface area contributed by atoms with E-state index in [0.29, 0.717) is 0 Å². The van der Waals surface area contributed by atoms with E-state index in [0.717, 1.165) is 44.2 Å². The van der Waals surface area contributed by atoms with E-state index in [1.54, 1.807) is 0 Å². The van der Waals surface area contributed by atoms with Gasteiger partial charge in [-0.1, -0.05) is 42.5 Å². The molecule has 1 saturated heterocycles. The number of nitrogens with zero attached hydrogens (tertiary/aromatic N) is 3. The summed E-state index contributed by atoms with van der Waals surface area (Å²) in [6.07, 6.45) is 2.11. The highest BCUT2D eigenvalue weighted by Gasteiger charge is 2.18. The van der Waals surface area contributed by atoms with Crippen LogP contribution in [0.2, 0.25) is 0 Å². The number of aromatic nitrogens is 2. The Morgan fingerprint density at radius 2 is 1.69 bits per heavy atom. The van der Waals surface area contributed by atoms with Crippen LogP contribution in [0.1, 0.15) is 5.69 Å². The van der Waals surface area contributed by atoms with Crippen molar-refractivity contribution in [3.8, 4) is 11.3 Å². The van der Waals surface area contributed by atoms with Crippen molar-refractivity contribution in [3.63, 3.8) is 0 Å². The van der Waals surface area contributed by atoms with E-state index in [-0.39, 0.29) is 0 Å². The van der Waals surface area contributed by atoms with Gasteiger partial charge in [-0.05, 0) is 29.0 Å². The Kier molecular flexibility index (Phi) is 3.92. The number of imidazole rings is 1. The zero-order chi connectivity index (χ0) is 17.3. The number of hydrogen-bond acceptors (Lipinski definition) is 3. The fourth-order valence-electron chi connectivity index (χ4n) is 3.74. The number of pyridine rings is 1. The van der Waals surface area contributed by atoms with Crippen LogP contribution < -0.4 is 0 Å². The molecule has 2 aromatic carbocycles. The first-order valence-electron chi connectivity index (χ1n) is 9.14. The summed E-state index contributed by atoms with van der Waals surface area (Å²) >= 11 is 0. The van der Waals surface area contributed by atoms with E-state index >= 15 is 0 Å². The van der Waals surface area contributed by atoms with Gasteiger partial charge in [-0.25, -0.2) is 4.98 Å². The molecular weight excluding hydrogens is 322 g/mol. The molecule has 0 radical (unpaired) electrons. The maximum absolute atomic E-state index is 5.51. The molecule has 0 N–H and O–H groups in total. The molecule has 0 aliphatic carbocycles. The minimum absolute atomic E-state index is 0.808. The molecular formula is C22H21N3O. The smallest absolute Gasteiger partial charge is 0.137 e. The van der Waals surface area contributed by atoms with E-state index in [9.17, 15) is 0 Å². The van der Waals surface area contributed by atoms with Crippen LogP contribution in [0.15, 0.2) is 66.9 Å². The van der Waals surface area contributed by atoms with Gasteiger partial charge in [0.05, 0.1) is 24.6 Å². The molecule has 130 valence electrons. The minimum atomic E-state index is 0.808. The summed E-state index contributed by atoms with van der Waals surface area (Å²) in [6, 6.07) is 21.3.